The third-order valence-corrected chi connectivity index (χ3v) is 6.53. The molecule has 1 aliphatic rings. The Hall–Kier alpha value is -3.10. The Balaban J connectivity index is 1.54. The summed E-state index contributed by atoms with van der Waals surface area (Å²) < 4.78 is 22.5. The Morgan fingerprint density at radius 3 is 2.84 bits per heavy atom. The molecule has 1 aliphatic heterocycles. The zero-order valence-corrected chi connectivity index (χ0v) is 17.8. The number of anilines is 1. The van der Waals surface area contributed by atoms with Gasteiger partial charge in [0, 0.05) is 6.61 Å². The fourth-order valence-corrected chi connectivity index (χ4v) is 4.84. The van der Waals surface area contributed by atoms with E-state index in [4.69, 9.17) is 4.74 Å². The van der Waals surface area contributed by atoms with Crippen LogP contribution in [0.1, 0.15) is 28.9 Å². The molecule has 1 atom stereocenters. The lowest BCUT2D eigenvalue weighted by molar-refractivity contribution is 0.0917. The van der Waals surface area contributed by atoms with Crippen LogP contribution in [0, 0.1) is 12.7 Å². The van der Waals surface area contributed by atoms with Crippen molar-refractivity contribution >= 4 is 32.6 Å². The van der Waals surface area contributed by atoms with Crippen molar-refractivity contribution in [3.8, 4) is 5.69 Å². The van der Waals surface area contributed by atoms with E-state index in [0.717, 1.165) is 24.2 Å². The lowest BCUT2D eigenvalue weighted by atomic mass is 10.2. The first-order valence-electron chi connectivity index (χ1n) is 10.2. The quantitative estimate of drug-likeness (QED) is 0.453. The number of ether oxygens (including phenoxy) is 1. The molecule has 5 rings (SSSR count). The van der Waals surface area contributed by atoms with Crippen molar-refractivity contribution in [2.24, 2.45) is 0 Å². The summed E-state index contributed by atoms with van der Waals surface area (Å²) in [6.45, 7) is 2.93. The molecule has 1 unspecified atom stereocenters. The fourth-order valence-electron chi connectivity index (χ4n) is 3.85. The Bertz CT molecular complexity index is 1230. The molecule has 0 saturated carbocycles. The van der Waals surface area contributed by atoms with E-state index in [2.05, 4.69) is 10.1 Å². The maximum absolute atomic E-state index is 14.2. The fraction of sp³-hybridized carbons (Fsp3) is 0.261. The summed E-state index contributed by atoms with van der Waals surface area (Å²) >= 11 is 1.31. The molecule has 2 aromatic heterocycles. The first-order chi connectivity index (χ1) is 15.1. The third-order valence-electron chi connectivity index (χ3n) is 5.49. The molecular weight excluding hydrogens is 415 g/mol. The first-order valence-corrected chi connectivity index (χ1v) is 11.0. The second kappa shape index (κ2) is 8.20. The van der Waals surface area contributed by atoms with Gasteiger partial charge in [-0.15, -0.1) is 0 Å². The molecule has 0 radical (unpaired) electrons. The van der Waals surface area contributed by atoms with Gasteiger partial charge in [0.1, 0.15) is 11.3 Å². The molecule has 4 aromatic rings. The Morgan fingerprint density at radius 2 is 2.10 bits per heavy atom. The van der Waals surface area contributed by atoms with Gasteiger partial charge in [-0.2, -0.15) is 5.10 Å². The highest BCUT2D eigenvalue weighted by Crippen LogP contribution is 2.32. The smallest absolute Gasteiger partial charge is 0.263 e. The molecule has 3 heterocycles. The number of hydrogen-bond donors (Lipinski definition) is 0. The number of fused-ring (bicyclic) bond motifs is 1. The number of hydrogen-bond acceptors (Lipinski definition) is 5. The predicted octanol–water partition coefficient (Wildman–Crippen LogP) is 4.76. The number of rotatable bonds is 5. The summed E-state index contributed by atoms with van der Waals surface area (Å²) in [5.74, 6) is -0.604. The van der Waals surface area contributed by atoms with E-state index in [1.165, 1.54) is 17.4 Å². The third kappa shape index (κ3) is 3.73. The normalized spacial score (nSPS) is 16.1. The van der Waals surface area contributed by atoms with E-state index >= 15 is 0 Å². The number of amides is 1. The summed E-state index contributed by atoms with van der Waals surface area (Å²) in [4.78, 5) is 19.7. The SMILES string of the molecule is Cc1c(C(=O)N(CC2CCCO2)c2nc3c(F)cccc3s2)cnn1-c1ccccc1. The molecule has 2 aromatic carbocycles. The van der Waals surface area contributed by atoms with E-state index in [1.807, 2.05) is 43.3 Å². The molecule has 31 heavy (non-hydrogen) atoms. The second-order valence-corrected chi connectivity index (χ2v) is 8.53. The topological polar surface area (TPSA) is 60.3 Å². The minimum absolute atomic E-state index is 0.0646. The molecule has 1 amide bonds. The van der Waals surface area contributed by atoms with Crippen molar-refractivity contribution in [3.05, 3.63) is 71.8 Å². The summed E-state index contributed by atoms with van der Waals surface area (Å²) in [5, 5.41) is 4.90. The van der Waals surface area contributed by atoms with Gasteiger partial charge in [0.25, 0.3) is 5.91 Å². The summed E-state index contributed by atoms with van der Waals surface area (Å²) in [6.07, 6.45) is 3.36. The number of carbonyl (C=O) groups excluding carboxylic acids is 1. The molecule has 1 fully saturated rings. The van der Waals surface area contributed by atoms with Crippen LogP contribution in [-0.2, 0) is 4.74 Å². The number of thiazole rings is 1. The van der Waals surface area contributed by atoms with Crippen LogP contribution >= 0.6 is 11.3 Å². The maximum Gasteiger partial charge on any atom is 0.263 e. The number of para-hydroxylation sites is 2. The highest BCUT2D eigenvalue weighted by atomic mass is 32.1. The number of aromatic nitrogens is 3. The minimum Gasteiger partial charge on any atom is -0.376 e. The van der Waals surface area contributed by atoms with Crippen molar-refractivity contribution in [2.45, 2.75) is 25.9 Å². The van der Waals surface area contributed by atoms with Crippen LogP contribution in [0.3, 0.4) is 0 Å². The monoisotopic (exact) mass is 436 g/mol. The van der Waals surface area contributed by atoms with Crippen LogP contribution < -0.4 is 4.90 Å². The van der Waals surface area contributed by atoms with Gasteiger partial charge >= 0.3 is 0 Å². The Morgan fingerprint density at radius 1 is 1.26 bits per heavy atom. The molecule has 158 valence electrons. The van der Waals surface area contributed by atoms with Crippen molar-refractivity contribution < 1.29 is 13.9 Å². The highest BCUT2D eigenvalue weighted by molar-refractivity contribution is 7.22. The predicted molar refractivity (Wildman–Crippen MR) is 119 cm³/mol. The zero-order chi connectivity index (χ0) is 21.4. The van der Waals surface area contributed by atoms with Gasteiger partial charge in [0.2, 0.25) is 0 Å². The lowest BCUT2D eigenvalue weighted by Gasteiger charge is -2.23. The van der Waals surface area contributed by atoms with Crippen LogP contribution in [0.5, 0.6) is 0 Å². The van der Waals surface area contributed by atoms with Gasteiger partial charge in [0.15, 0.2) is 5.13 Å². The van der Waals surface area contributed by atoms with Crippen molar-refractivity contribution in [1.29, 1.82) is 0 Å². The molecule has 0 N–H and O–H groups in total. The van der Waals surface area contributed by atoms with Gasteiger partial charge in [-0.25, -0.2) is 14.1 Å². The lowest BCUT2D eigenvalue weighted by Crippen LogP contribution is -2.37. The van der Waals surface area contributed by atoms with E-state index < -0.39 is 5.82 Å². The van der Waals surface area contributed by atoms with Crippen LogP contribution in [-0.4, -0.2) is 39.9 Å². The van der Waals surface area contributed by atoms with E-state index in [9.17, 15) is 9.18 Å². The zero-order valence-electron chi connectivity index (χ0n) is 17.0. The first kappa shape index (κ1) is 19.8. The Kier molecular flexibility index (Phi) is 5.25. The number of nitrogens with zero attached hydrogens (tertiary/aromatic N) is 4. The van der Waals surface area contributed by atoms with Crippen molar-refractivity contribution in [1.82, 2.24) is 14.8 Å². The van der Waals surface area contributed by atoms with Crippen LogP contribution in [0.4, 0.5) is 9.52 Å². The standard InChI is InChI=1S/C23H21FN4O2S/c1-15-18(13-25-28(15)16-7-3-2-4-8-16)22(29)27(14-17-9-6-12-30-17)23-26-21-19(24)10-5-11-20(21)31-23/h2-5,7-8,10-11,13,17H,6,9,12,14H2,1H3. The molecule has 8 heteroatoms. The molecular formula is C23H21FN4O2S. The average Bonchev–Trinajstić information content (AvgIpc) is 3.52. The summed E-state index contributed by atoms with van der Waals surface area (Å²) in [7, 11) is 0. The van der Waals surface area contributed by atoms with Gasteiger partial charge < -0.3 is 4.74 Å². The summed E-state index contributed by atoms with van der Waals surface area (Å²) in [6, 6.07) is 14.5. The average molecular weight is 437 g/mol. The molecule has 0 spiro atoms. The minimum atomic E-state index is -0.391. The van der Waals surface area contributed by atoms with Gasteiger partial charge in [-0.3, -0.25) is 9.69 Å². The van der Waals surface area contributed by atoms with Crippen molar-refractivity contribution in [3.63, 3.8) is 0 Å². The van der Waals surface area contributed by atoms with Gasteiger partial charge in [-0.05, 0) is 44.0 Å². The molecule has 0 aliphatic carbocycles. The van der Waals surface area contributed by atoms with Crippen LogP contribution in [0.25, 0.3) is 15.9 Å². The van der Waals surface area contributed by atoms with Crippen LogP contribution in [0.2, 0.25) is 0 Å². The maximum atomic E-state index is 14.2. The highest BCUT2D eigenvalue weighted by Gasteiger charge is 2.29. The van der Waals surface area contributed by atoms with E-state index in [1.54, 1.807) is 21.8 Å². The summed E-state index contributed by atoms with van der Waals surface area (Å²) in [5.41, 5.74) is 2.39. The largest absolute Gasteiger partial charge is 0.376 e. The van der Waals surface area contributed by atoms with Crippen LogP contribution in [0.15, 0.2) is 54.7 Å². The van der Waals surface area contributed by atoms with E-state index in [0.29, 0.717) is 28.5 Å². The number of halogens is 1. The molecule has 6 nitrogen and oxygen atoms in total. The molecule has 1 saturated heterocycles. The number of carbonyl (C=O) groups is 1. The molecule has 0 bridgehead atoms. The number of benzene rings is 2. The second-order valence-electron chi connectivity index (χ2n) is 7.52. The van der Waals surface area contributed by atoms with E-state index in [-0.39, 0.29) is 17.5 Å². The van der Waals surface area contributed by atoms with Gasteiger partial charge in [-0.1, -0.05) is 35.6 Å². The van der Waals surface area contributed by atoms with Crippen molar-refractivity contribution in [2.75, 3.05) is 18.1 Å². The Labute approximate surface area is 182 Å². The van der Waals surface area contributed by atoms with Gasteiger partial charge in [0.05, 0.1) is 40.5 Å².